The van der Waals surface area contributed by atoms with Gasteiger partial charge in [-0.05, 0) is 47.6 Å². The average Bonchev–Trinajstić information content (AvgIpc) is 2.40. The summed E-state index contributed by atoms with van der Waals surface area (Å²) in [5, 5.41) is 1.22. The molecule has 0 radical (unpaired) electrons. The molecule has 0 bridgehead atoms. The Morgan fingerprint density at radius 1 is 1.00 bits per heavy atom. The summed E-state index contributed by atoms with van der Waals surface area (Å²) >= 11 is 12.8. The van der Waals surface area contributed by atoms with Crippen LogP contribution in [0.1, 0.15) is 32.3 Å². The van der Waals surface area contributed by atoms with Gasteiger partial charge in [-0.15, -0.1) is 0 Å². The second-order valence-electron chi connectivity index (χ2n) is 5.58. The minimum absolute atomic E-state index is 0.309. The molecule has 2 rings (SSSR count). The van der Waals surface area contributed by atoms with Crippen LogP contribution < -0.4 is 0 Å². The van der Waals surface area contributed by atoms with Crippen molar-refractivity contribution in [3.05, 3.63) is 45.5 Å². The van der Waals surface area contributed by atoms with Gasteiger partial charge in [0.25, 0.3) is 0 Å². The fourth-order valence-corrected chi connectivity index (χ4v) is 3.85. The van der Waals surface area contributed by atoms with Crippen LogP contribution in [0.5, 0.6) is 0 Å². The molecule has 21 heavy (non-hydrogen) atoms. The maximum Gasteiger partial charge on any atom is 0.175 e. The zero-order valence-corrected chi connectivity index (χ0v) is 14.6. The Hall–Kier alpha value is -0.770. The second-order valence-corrected chi connectivity index (χ2v) is 8.35. The maximum absolute atomic E-state index is 11.5. The summed E-state index contributed by atoms with van der Waals surface area (Å²) in [5.74, 6) is 0.375. The molecule has 0 N–H and O–H groups in total. The summed E-state index contributed by atoms with van der Waals surface area (Å²) in [4.78, 5) is 0.309. The third-order valence-corrected chi connectivity index (χ3v) is 5.79. The minimum atomic E-state index is -3.18. The molecule has 0 aliphatic heterocycles. The molecular formula is C16H18Cl2O2S. The predicted molar refractivity (Wildman–Crippen MR) is 89.3 cm³/mol. The van der Waals surface area contributed by atoms with Crippen molar-refractivity contribution < 1.29 is 8.42 Å². The predicted octanol–water partition coefficient (Wildman–Crippen LogP) is 4.98. The van der Waals surface area contributed by atoms with Crippen molar-refractivity contribution in [1.82, 2.24) is 0 Å². The highest BCUT2D eigenvalue weighted by molar-refractivity contribution is 7.90. The molecule has 2 nitrogen and oxygen atoms in total. The Balaban J connectivity index is 2.44. The number of hydrogen-bond donors (Lipinski definition) is 0. The van der Waals surface area contributed by atoms with E-state index in [1.165, 1.54) is 11.8 Å². The van der Waals surface area contributed by atoms with Gasteiger partial charge in [-0.2, -0.15) is 0 Å². The van der Waals surface area contributed by atoms with E-state index >= 15 is 0 Å². The Labute approximate surface area is 136 Å². The van der Waals surface area contributed by atoms with Crippen molar-refractivity contribution in [2.75, 3.05) is 6.26 Å². The van der Waals surface area contributed by atoms with Gasteiger partial charge in [0, 0.05) is 6.26 Å². The van der Waals surface area contributed by atoms with Crippen LogP contribution in [0, 0.1) is 5.92 Å². The van der Waals surface area contributed by atoms with Gasteiger partial charge in [-0.1, -0.05) is 49.2 Å². The van der Waals surface area contributed by atoms with Crippen molar-refractivity contribution in [1.29, 1.82) is 0 Å². The van der Waals surface area contributed by atoms with Gasteiger partial charge in [-0.3, -0.25) is 0 Å². The quantitative estimate of drug-likeness (QED) is 0.774. The third kappa shape index (κ3) is 3.53. The van der Waals surface area contributed by atoms with Crippen molar-refractivity contribution >= 4 is 38.6 Å². The summed E-state index contributed by atoms with van der Waals surface area (Å²) in [5.41, 5.74) is 3.08. The molecule has 1 aliphatic carbocycles. The second kappa shape index (κ2) is 6.15. The summed E-state index contributed by atoms with van der Waals surface area (Å²) in [6, 6.07) is 6.80. The standard InChI is InChI=1S/C16H18Cl2O2S/c1-10(2)13-8-9-14(16(18)15(13)17)11-4-6-12(7-5-11)21(3,19)20/h4-7,10H,8-9H2,1-3H3. The van der Waals surface area contributed by atoms with E-state index in [0.29, 0.717) is 20.9 Å². The fraction of sp³-hybridized carbons (Fsp3) is 0.375. The highest BCUT2D eigenvalue weighted by atomic mass is 35.5. The first-order valence-corrected chi connectivity index (χ1v) is 9.44. The van der Waals surface area contributed by atoms with Crippen LogP contribution in [-0.4, -0.2) is 14.7 Å². The van der Waals surface area contributed by atoms with E-state index in [1.54, 1.807) is 24.3 Å². The number of hydrogen-bond acceptors (Lipinski definition) is 2. The van der Waals surface area contributed by atoms with Crippen LogP contribution in [0.4, 0.5) is 0 Å². The highest BCUT2D eigenvalue weighted by Crippen LogP contribution is 2.42. The Morgan fingerprint density at radius 3 is 2.05 bits per heavy atom. The molecule has 0 saturated carbocycles. The zero-order valence-electron chi connectivity index (χ0n) is 12.3. The molecule has 0 atom stereocenters. The fourth-order valence-electron chi connectivity index (χ4n) is 2.47. The molecule has 0 heterocycles. The molecule has 0 aromatic heterocycles. The first kappa shape index (κ1) is 16.6. The molecule has 1 aromatic rings. The number of sulfone groups is 1. The van der Waals surface area contributed by atoms with Crippen molar-refractivity contribution in [3.8, 4) is 0 Å². The molecule has 0 spiro atoms. The Morgan fingerprint density at radius 2 is 1.57 bits per heavy atom. The number of rotatable bonds is 3. The molecule has 5 heteroatoms. The van der Waals surface area contributed by atoms with Gasteiger partial charge in [0.2, 0.25) is 0 Å². The first-order chi connectivity index (χ1) is 9.71. The van der Waals surface area contributed by atoms with Crippen molar-refractivity contribution in [3.63, 3.8) is 0 Å². The molecule has 1 aliphatic rings. The van der Waals surface area contributed by atoms with Crippen molar-refractivity contribution in [2.45, 2.75) is 31.6 Å². The summed E-state index contributed by atoms with van der Waals surface area (Å²) < 4.78 is 23.0. The van der Waals surface area contributed by atoms with Gasteiger partial charge >= 0.3 is 0 Å². The molecule has 0 fully saturated rings. The van der Waals surface area contributed by atoms with Crippen LogP contribution in [0.2, 0.25) is 0 Å². The van der Waals surface area contributed by atoms with E-state index in [9.17, 15) is 8.42 Å². The molecule has 114 valence electrons. The van der Waals surface area contributed by atoms with Gasteiger partial charge in [-0.25, -0.2) is 8.42 Å². The van der Waals surface area contributed by atoms with Gasteiger partial charge < -0.3 is 0 Å². The van der Waals surface area contributed by atoms with Crippen LogP contribution in [-0.2, 0) is 9.84 Å². The molecule has 1 aromatic carbocycles. The van der Waals surface area contributed by atoms with E-state index in [4.69, 9.17) is 23.2 Å². The normalized spacial score (nSPS) is 16.9. The lowest BCUT2D eigenvalue weighted by Gasteiger charge is -2.22. The molecule has 0 unspecified atom stereocenters. The topological polar surface area (TPSA) is 34.1 Å². The van der Waals surface area contributed by atoms with E-state index in [2.05, 4.69) is 13.8 Å². The Kier molecular flexibility index (Phi) is 4.86. The lowest BCUT2D eigenvalue weighted by atomic mass is 9.88. The van der Waals surface area contributed by atoms with E-state index in [0.717, 1.165) is 24.0 Å². The summed E-state index contributed by atoms with van der Waals surface area (Å²) in [6.45, 7) is 4.21. The van der Waals surface area contributed by atoms with Crippen LogP contribution in [0.25, 0.3) is 5.57 Å². The van der Waals surface area contributed by atoms with Gasteiger partial charge in [0.1, 0.15) is 0 Å². The highest BCUT2D eigenvalue weighted by Gasteiger charge is 2.22. The third-order valence-electron chi connectivity index (χ3n) is 3.71. The average molecular weight is 345 g/mol. The van der Waals surface area contributed by atoms with E-state index in [1.807, 2.05) is 0 Å². The molecule has 0 saturated heterocycles. The lowest BCUT2D eigenvalue weighted by molar-refractivity contribution is 0.602. The van der Waals surface area contributed by atoms with Crippen LogP contribution in [0.3, 0.4) is 0 Å². The molecular weight excluding hydrogens is 327 g/mol. The number of allylic oxidation sites excluding steroid dienone is 4. The SMILES string of the molecule is CC(C)C1=C(Cl)C(Cl)=C(c2ccc(S(C)(=O)=O)cc2)CC1. The smallest absolute Gasteiger partial charge is 0.175 e. The minimum Gasteiger partial charge on any atom is -0.224 e. The first-order valence-electron chi connectivity index (χ1n) is 6.80. The monoisotopic (exact) mass is 344 g/mol. The van der Waals surface area contributed by atoms with Crippen LogP contribution in [0.15, 0.2) is 44.8 Å². The van der Waals surface area contributed by atoms with Crippen LogP contribution >= 0.6 is 23.2 Å². The largest absolute Gasteiger partial charge is 0.224 e. The molecule has 0 amide bonds. The van der Waals surface area contributed by atoms with Crippen molar-refractivity contribution in [2.24, 2.45) is 5.92 Å². The Bertz CT molecular complexity index is 711. The van der Waals surface area contributed by atoms with E-state index < -0.39 is 9.84 Å². The summed E-state index contributed by atoms with van der Waals surface area (Å²) in [7, 11) is -3.18. The van der Waals surface area contributed by atoms with E-state index in [-0.39, 0.29) is 0 Å². The van der Waals surface area contributed by atoms with Gasteiger partial charge in [0.15, 0.2) is 9.84 Å². The maximum atomic E-state index is 11.5. The van der Waals surface area contributed by atoms with Gasteiger partial charge in [0.05, 0.1) is 15.0 Å². The summed E-state index contributed by atoms with van der Waals surface area (Å²) in [6.07, 6.45) is 2.90. The lowest BCUT2D eigenvalue weighted by Crippen LogP contribution is -2.05. The number of benzene rings is 1. The zero-order chi connectivity index (χ0) is 15.8. The number of halogens is 2.